The Morgan fingerprint density at radius 3 is 2.80 bits per heavy atom. The summed E-state index contributed by atoms with van der Waals surface area (Å²) >= 11 is 0. The third kappa shape index (κ3) is 4.62. The highest BCUT2D eigenvalue weighted by Crippen LogP contribution is 2.28. The molecule has 1 fully saturated rings. The van der Waals surface area contributed by atoms with Crippen LogP contribution in [0.5, 0.6) is 5.88 Å². The molecule has 0 N–H and O–H groups in total. The molecular formula is C26H29N5O4. The van der Waals surface area contributed by atoms with E-state index in [0.29, 0.717) is 49.9 Å². The van der Waals surface area contributed by atoms with Crippen molar-refractivity contribution in [2.75, 3.05) is 19.6 Å². The fourth-order valence-corrected chi connectivity index (χ4v) is 4.73. The van der Waals surface area contributed by atoms with Gasteiger partial charge < -0.3 is 19.1 Å². The lowest BCUT2D eigenvalue weighted by Crippen LogP contribution is -2.40. The van der Waals surface area contributed by atoms with Gasteiger partial charge in [0.15, 0.2) is 0 Å². The molecule has 0 bridgehead atoms. The number of nitrogens with zero attached hydrogens (tertiary/aromatic N) is 5. The second-order valence-electron chi connectivity index (χ2n) is 9.18. The van der Waals surface area contributed by atoms with Gasteiger partial charge in [-0.3, -0.25) is 14.6 Å². The highest BCUT2D eigenvalue weighted by Gasteiger charge is 2.36. The average molecular weight is 476 g/mol. The fraction of sp³-hybridized carbons (Fsp3) is 0.423. The highest BCUT2D eigenvalue weighted by atomic mass is 16.5. The maximum absolute atomic E-state index is 13.0. The van der Waals surface area contributed by atoms with Crippen LogP contribution in [-0.4, -0.2) is 56.4 Å². The first kappa shape index (κ1) is 23.0. The van der Waals surface area contributed by atoms with Gasteiger partial charge in [-0.15, -0.1) is 0 Å². The Morgan fingerprint density at radius 2 is 2.06 bits per heavy atom. The van der Waals surface area contributed by atoms with Crippen LogP contribution in [0.4, 0.5) is 0 Å². The largest absolute Gasteiger partial charge is 0.473 e. The third-order valence-electron chi connectivity index (χ3n) is 6.86. The Kier molecular flexibility index (Phi) is 6.23. The summed E-state index contributed by atoms with van der Waals surface area (Å²) in [6.07, 6.45) is 4.60. The van der Waals surface area contributed by atoms with Crippen LogP contribution in [0.3, 0.4) is 0 Å². The summed E-state index contributed by atoms with van der Waals surface area (Å²) in [6.45, 7) is 8.32. The summed E-state index contributed by atoms with van der Waals surface area (Å²) in [7, 11) is 0. The first-order chi connectivity index (χ1) is 16.9. The second kappa shape index (κ2) is 9.48. The molecule has 2 aliphatic heterocycles. The monoisotopic (exact) mass is 475 g/mol. The first-order valence-electron chi connectivity index (χ1n) is 12.0. The van der Waals surface area contributed by atoms with Gasteiger partial charge in [-0.25, -0.2) is 4.98 Å². The molecule has 5 rings (SSSR count). The first-order valence-corrected chi connectivity index (χ1v) is 12.0. The van der Waals surface area contributed by atoms with Crippen molar-refractivity contribution in [1.82, 2.24) is 24.9 Å². The zero-order valence-corrected chi connectivity index (χ0v) is 20.3. The number of carbonyl (C=O) groups is 2. The van der Waals surface area contributed by atoms with Gasteiger partial charge in [0.05, 0.1) is 11.5 Å². The summed E-state index contributed by atoms with van der Waals surface area (Å²) in [5, 5.41) is 4.19. The van der Waals surface area contributed by atoms with E-state index in [1.165, 1.54) is 0 Å². The van der Waals surface area contributed by atoms with Crippen LogP contribution >= 0.6 is 0 Å². The Balaban J connectivity index is 1.24. The third-order valence-corrected chi connectivity index (χ3v) is 6.86. The smallest absolute Gasteiger partial charge is 0.228 e. The van der Waals surface area contributed by atoms with E-state index in [4.69, 9.17) is 9.26 Å². The van der Waals surface area contributed by atoms with Crippen LogP contribution in [0.25, 0.3) is 11.3 Å². The van der Waals surface area contributed by atoms with E-state index >= 15 is 0 Å². The molecule has 0 aromatic carbocycles. The van der Waals surface area contributed by atoms with E-state index in [-0.39, 0.29) is 24.3 Å². The lowest BCUT2D eigenvalue weighted by atomic mass is 9.99. The standard InChI is InChI=1S/C26H29N5O4/c1-4-30-13-20(10-24(30)32)26(33)31-8-7-18-9-23(28-12-21(18)14-31)34-15-22-17(3)35-29-25(22)19-6-5-16(2)27-11-19/h5-6,9,11-12,20H,4,7-8,10,13-15H2,1-3H3. The van der Waals surface area contributed by atoms with Crippen LogP contribution in [-0.2, 0) is 29.2 Å². The number of carbonyl (C=O) groups excluding carboxylic acids is 2. The lowest BCUT2D eigenvalue weighted by molar-refractivity contribution is -0.136. The number of ether oxygens (including phenoxy) is 1. The summed E-state index contributed by atoms with van der Waals surface area (Å²) in [5.41, 5.74) is 5.53. The molecule has 0 radical (unpaired) electrons. The minimum absolute atomic E-state index is 0.0568. The van der Waals surface area contributed by atoms with Gasteiger partial charge >= 0.3 is 0 Å². The molecule has 3 aromatic rings. The molecule has 3 aromatic heterocycles. The van der Waals surface area contributed by atoms with E-state index < -0.39 is 0 Å². The zero-order valence-electron chi connectivity index (χ0n) is 20.3. The predicted molar refractivity (Wildman–Crippen MR) is 127 cm³/mol. The van der Waals surface area contributed by atoms with Crippen molar-refractivity contribution >= 4 is 11.8 Å². The minimum atomic E-state index is -0.246. The summed E-state index contributed by atoms with van der Waals surface area (Å²) in [4.78, 5) is 37.5. The van der Waals surface area contributed by atoms with Crippen molar-refractivity contribution in [3.63, 3.8) is 0 Å². The van der Waals surface area contributed by atoms with Crippen LogP contribution in [0.15, 0.2) is 35.1 Å². The molecule has 5 heterocycles. The van der Waals surface area contributed by atoms with E-state index in [9.17, 15) is 9.59 Å². The summed E-state index contributed by atoms with van der Waals surface area (Å²) in [5.74, 6) is 1.10. The van der Waals surface area contributed by atoms with Crippen molar-refractivity contribution in [3.05, 3.63) is 58.7 Å². The van der Waals surface area contributed by atoms with Gasteiger partial charge in [0.2, 0.25) is 17.7 Å². The molecule has 0 spiro atoms. The van der Waals surface area contributed by atoms with Gasteiger partial charge in [0, 0.05) is 62.3 Å². The molecule has 9 heteroatoms. The molecule has 35 heavy (non-hydrogen) atoms. The number of rotatable bonds is 6. The maximum atomic E-state index is 13.0. The number of pyridine rings is 2. The molecule has 2 aliphatic rings. The Bertz CT molecular complexity index is 1250. The van der Waals surface area contributed by atoms with Crippen molar-refractivity contribution in [2.45, 2.75) is 46.8 Å². The number of hydrogen-bond donors (Lipinski definition) is 0. The SMILES string of the molecule is CCN1CC(C(=O)N2CCc3cc(OCc4c(-c5ccc(C)nc5)noc4C)ncc3C2)CC1=O. The topological polar surface area (TPSA) is 102 Å². The van der Waals surface area contributed by atoms with Gasteiger partial charge in [0.25, 0.3) is 0 Å². The van der Waals surface area contributed by atoms with Crippen molar-refractivity contribution in [2.24, 2.45) is 5.92 Å². The van der Waals surface area contributed by atoms with Gasteiger partial charge in [-0.2, -0.15) is 0 Å². The van der Waals surface area contributed by atoms with Crippen molar-refractivity contribution in [3.8, 4) is 17.1 Å². The van der Waals surface area contributed by atoms with Gasteiger partial charge in [-0.1, -0.05) is 5.16 Å². The molecule has 1 unspecified atom stereocenters. The van der Waals surface area contributed by atoms with Gasteiger partial charge in [-0.05, 0) is 50.5 Å². The molecular weight excluding hydrogens is 446 g/mol. The van der Waals surface area contributed by atoms with E-state index in [2.05, 4.69) is 15.1 Å². The van der Waals surface area contributed by atoms with Crippen molar-refractivity contribution < 1.29 is 18.8 Å². The Morgan fingerprint density at radius 1 is 1.20 bits per heavy atom. The molecule has 1 saturated heterocycles. The minimum Gasteiger partial charge on any atom is -0.473 e. The number of likely N-dealkylation sites (tertiary alicyclic amines) is 1. The average Bonchev–Trinajstić information content (AvgIpc) is 3.44. The lowest BCUT2D eigenvalue weighted by Gasteiger charge is -2.30. The van der Waals surface area contributed by atoms with Crippen LogP contribution in [0.1, 0.15) is 41.5 Å². The normalized spacial score (nSPS) is 17.6. The molecule has 0 aliphatic carbocycles. The summed E-state index contributed by atoms with van der Waals surface area (Å²) in [6, 6.07) is 5.85. The number of aromatic nitrogens is 3. The number of amides is 2. The number of fused-ring (bicyclic) bond motifs is 1. The van der Waals surface area contributed by atoms with Crippen LogP contribution in [0.2, 0.25) is 0 Å². The molecule has 1 atom stereocenters. The Labute approximate surface area is 204 Å². The van der Waals surface area contributed by atoms with E-state index in [1.807, 2.05) is 43.9 Å². The Hall–Kier alpha value is -3.75. The summed E-state index contributed by atoms with van der Waals surface area (Å²) < 4.78 is 11.4. The maximum Gasteiger partial charge on any atom is 0.228 e. The molecule has 0 saturated carbocycles. The predicted octanol–water partition coefficient (Wildman–Crippen LogP) is 3.08. The van der Waals surface area contributed by atoms with E-state index in [1.54, 1.807) is 17.3 Å². The van der Waals surface area contributed by atoms with Crippen molar-refractivity contribution in [1.29, 1.82) is 0 Å². The molecule has 2 amide bonds. The second-order valence-corrected chi connectivity index (χ2v) is 9.18. The van der Waals surface area contributed by atoms with Crippen LogP contribution in [0, 0.1) is 19.8 Å². The molecule has 9 nitrogen and oxygen atoms in total. The number of aryl methyl sites for hydroxylation is 2. The highest BCUT2D eigenvalue weighted by molar-refractivity contribution is 5.89. The molecule has 182 valence electrons. The fourth-order valence-electron chi connectivity index (χ4n) is 4.73. The zero-order chi connectivity index (χ0) is 24.5. The van der Waals surface area contributed by atoms with Gasteiger partial charge in [0.1, 0.15) is 18.1 Å². The van der Waals surface area contributed by atoms with Crippen LogP contribution < -0.4 is 4.74 Å². The number of hydrogen-bond acceptors (Lipinski definition) is 7. The quantitative estimate of drug-likeness (QED) is 0.540. The van der Waals surface area contributed by atoms with E-state index in [0.717, 1.165) is 34.4 Å².